The molecule has 0 aliphatic carbocycles. The molecule has 0 aliphatic rings. The van der Waals surface area contributed by atoms with Gasteiger partial charge in [-0.1, -0.05) is 13.8 Å². The predicted octanol–water partition coefficient (Wildman–Crippen LogP) is 2.27. The highest BCUT2D eigenvalue weighted by Crippen LogP contribution is 2.14. The number of hydrogen-bond donors (Lipinski definition) is 2. The lowest BCUT2D eigenvalue weighted by Gasteiger charge is -2.23. The van der Waals surface area contributed by atoms with Crippen LogP contribution in [0.4, 0.5) is 4.79 Å². The molecule has 0 saturated heterocycles. The maximum absolute atomic E-state index is 12.3. The minimum atomic E-state index is -0.871. The van der Waals surface area contributed by atoms with Crippen LogP contribution in [0, 0.1) is 5.92 Å². The number of rotatable bonds is 8. The van der Waals surface area contributed by atoms with Gasteiger partial charge in [-0.25, -0.2) is 14.6 Å². The lowest BCUT2D eigenvalue weighted by atomic mass is 10.1. The van der Waals surface area contributed by atoms with Gasteiger partial charge in [-0.3, -0.25) is 4.79 Å². The molecule has 1 rings (SSSR count). The topological polar surface area (TPSA) is 121 Å². The van der Waals surface area contributed by atoms with E-state index in [1.165, 1.54) is 11.3 Å². The number of esters is 1. The summed E-state index contributed by atoms with van der Waals surface area (Å²) in [5.41, 5.74) is 4.69. The van der Waals surface area contributed by atoms with Crippen molar-refractivity contribution in [2.75, 3.05) is 6.61 Å². The van der Waals surface area contributed by atoms with Crippen LogP contribution in [0.3, 0.4) is 0 Å². The van der Waals surface area contributed by atoms with Crippen molar-refractivity contribution in [1.29, 1.82) is 0 Å². The predicted molar refractivity (Wildman–Crippen MR) is 97.9 cm³/mol. The molecule has 2 amide bonds. The Bertz CT molecular complexity index is 637. The van der Waals surface area contributed by atoms with Crippen LogP contribution in [0.5, 0.6) is 0 Å². The average Bonchev–Trinajstić information content (AvgIpc) is 2.96. The second kappa shape index (κ2) is 9.51. The number of alkyl carbamates (subject to hydrolysis) is 1. The van der Waals surface area contributed by atoms with Crippen molar-refractivity contribution >= 4 is 29.3 Å². The Balaban J connectivity index is 2.73. The number of ether oxygens (including phenoxy) is 2. The Morgan fingerprint density at radius 1 is 1.31 bits per heavy atom. The number of carbonyl (C=O) groups is 3. The van der Waals surface area contributed by atoms with Crippen molar-refractivity contribution in [3.05, 3.63) is 16.1 Å². The first-order valence-electron chi connectivity index (χ1n) is 8.38. The van der Waals surface area contributed by atoms with Gasteiger partial charge >= 0.3 is 12.1 Å². The third-order valence-corrected chi connectivity index (χ3v) is 3.89. The van der Waals surface area contributed by atoms with Gasteiger partial charge in [0.1, 0.15) is 17.3 Å². The molecule has 0 unspecified atom stereocenters. The SMILES string of the molecule is CC(C)COC(=O)[C@H](CCc1nc(C(N)=O)cs1)NC(=O)OC(C)(C)C. The van der Waals surface area contributed by atoms with Gasteiger partial charge in [0, 0.05) is 11.8 Å². The molecule has 0 fully saturated rings. The van der Waals surface area contributed by atoms with E-state index in [1.54, 1.807) is 26.2 Å². The van der Waals surface area contributed by atoms with E-state index < -0.39 is 29.6 Å². The first-order valence-corrected chi connectivity index (χ1v) is 9.26. The molecule has 0 spiro atoms. The molecule has 146 valence electrons. The Kier molecular flexibility index (Phi) is 8.01. The quantitative estimate of drug-likeness (QED) is 0.662. The van der Waals surface area contributed by atoms with E-state index in [-0.39, 0.29) is 24.6 Å². The summed E-state index contributed by atoms with van der Waals surface area (Å²) >= 11 is 1.27. The summed E-state index contributed by atoms with van der Waals surface area (Å²) in [6, 6.07) is -0.871. The number of primary amides is 1. The second-order valence-corrected chi connectivity index (χ2v) is 8.19. The number of aryl methyl sites for hydroxylation is 1. The van der Waals surface area contributed by atoms with E-state index in [1.807, 2.05) is 13.8 Å². The minimum Gasteiger partial charge on any atom is -0.464 e. The van der Waals surface area contributed by atoms with Gasteiger partial charge in [0.25, 0.3) is 5.91 Å². The monoisotopic (exact) mass is 385 g/mol. The zero-order valence-electron chi connectivity index (χ0n) is 15.8. The normalized spacial score (nSPS) is 12.5. The van der Waals surface area contributed by atoms with Crippen molar-refractivity contribution in [2.24, 2.45) is 11.7 Å². The summed E-state index contributed by atoms with van der Waals surface area (Å²) in [6.07, 6.45) is -0.0437. The zero-order chi connectivity index (χ0) is 19.9. The first kappa shape index (κ1) is 21.9. The molecule has 0 bridgehead atoms. The highest BCUT2D eigenvalue weighted by atomic mass is 32.1. The van der Waals surface area contributed by atoms with Crippen LogP contribution in [-0.4, -0.2) is 41.2 Å². The second-order valence-electron chi connectivity index (χ2n) is 7.25. The highest BCUT2D eigenvalue weighted by molar-refractivity contribution is 7.09. The maximum Gasteiger partial charge on any atom is 0.408 e. The van der Waals surface area contributed by atoms with Gasteiger partial charge in [0.2, 0.25) is 0 Å². The number of hydrogen-bond acceptors (Lipinski definition) is 7. The van der Waals surface area contributed by atoms with Crippen LogP contribution < -0.4 is 11.1 Å². The van der Waals surface area contributed by atoms with Gasteiger partial charge in [-0.05, 0) is 33.1 Å². The number of thiazole rings is 1. The number of nitrogens with one attached hydrogen (secondary N) is 1. The summed E-state index contributed by atoms with van der Waals surface area (Å²) in [5.74, 6) is -0.957. The fraction of sp³-hybridized carbons (Fsp3) is 0.647. The van der Waals surface area contributed by atoms with E-state index in [4.69, 9.17) is 15.2 Å². The summed E-state index contributed by atoms with van der Waals surface area (Å²) in [7, 11) is 0. The molecule has 0 saturated carbocycles. The van der Waals surface area contributed by atoms with E-state index in [0.29, 0.717) is 11.4 Å². The zero-order valence-corrected chi connectivity index (χ0v) is 16.6. The van der Waals surface area contributed by atoms with Crippen LogP contribution in [0.15, 0.2) is 5.38 Å². The van der Waals surface area contributed by atoms with Gasteiger partial charge in [0.05, 0.1) is 11.6 Å². The molecule has 8 nitrogen and oxygen atoms in total. The molecule has 1 aromatic rings. The van der Waals surface area contributed by atoms with Gasteiger partial charge < -0.3 is 20.5 Å². The Morgan fingerprint density at radius 2 is 1.96 bits per heavy atom. The summed E-state index contributed by atoms with van der Waals surface area (Å²) < 4.78 is 10.4. The largest absolute Gasteiger partial charge is 0.464 e. The highest BCUT2D eigenvalue weighted by Gasteiger charge is 2.26. The van der Waals surface area contributed by atoms with E-state index >= 15 is 0 Å². The van der Waals surface area contributed by atoms with Crippen LogP contribution in [-0.2, 0) is 20.7 Å². The fourth-order valence-corrected chi connectivity index (χ4v) is 2.66. The van der Waals surface area contributed by atoms with Gasteiger partial charge in [-0.2, -0.15) is 0 Å². The van der Waals surface area contributed by atoms with E-state index in [2.05, 4.69) is 10.3 Å². The Labute approximate surface area is 157 Å². The van der Waals surface area contributed by atoms with Crippen LogP contribution in [0.25, 0.3) is 0 Å². The number of nitrogens with zero attached hydrogens (tertiary/aromatic N) is 1. The van der Waals surface area contributed by atoms with Crippen LogP contribution in [0.1, 0.15) is 56.5 Å². The minimum absolute atomic E-state index is 0.179. The fourth-order valence-electron chi connectivity index (χ4n) is 1.85. The van der Waals surface area contributed by atoms with Crippen LogP contribution in [0.2, 0.25) is 0 Å². The lowest BCUT2D eigenvalue weighted by molar-refractivity contribution is -0.147. The molecule has 0 aromatic carbocycles. The smallest absolute Gasteiger partial charge is 0.408 e. The molecule has 3 N–H and O–H groups in total. The molecular weight excluding hydrogens is 358 g/mol. The molecule has 1 aromatic heterocycles. The van der Waals surface area contributed by atoms with E-state index in [0.717, 1.165) is 0 Å². The first-order chi connectivity index (χ1) is 12.0. The third-order valence-electron chi connectivity index (χ3n) is 2.99. The molecule has 9 heteroatoms. The maximum atomic E-state index is 12.3. The summed E-state index contributed by atoms with van der Waals surface area (Å²) in [4.78, 5) is 39.5. The van der Waals surface area contributed by atoms with Crippen molar-refractivity contribution in [1.82, 2.24) is 10.3 Å². The molecule has 0 aliphatic heterocycles. The van der Waals surface area contributed by atoms with Gasteiger partial charge in [0.15, 0.2) is 0 Å². The third kappa shape index (κ3) is 8.28. The van der Waals surface area contributed by atoms with Crippen molar-refractivity contribution in [3.63, 3.8) is 0 Å². The average molecular weight is 385 g/mol. The molecular formula is C17H27N3O5S. The Hall–Kier alpha value is -2.16. The van der Waals surface area contributed by atoms with Gasteiger partial charge in [-0.15, -0.1) is 11.3 Å². The van der Waals surface area contributed by atoms with E-state index in [9.17, 15) is 14.4 Å². The number of aromatic nitrogens is 1. The standard InChI is InChI=1S/C17H27N3O5S/c1-10(2)8-24-15(22)11(20-16(23)25-17(3,4)5)6-7-13-19-12(9-26-13)14(18)21/h9-11H,6-8H2,1-5H3,(H2,18,21)(H,20,23)/t11-/m0/s1. The molecule has 0 radical (unpaired) electrons. The summed E-state index contributed by atoms with van der Waals surface area (Å²) in [5, 5.41) is 4.75. The number of amides is 2. The summed E-state index contributed by atoms with van der Waals surface area (Å²) in [6.45, 7) is 9.31. The molecule has 26 heavy (non-hydrogen) atoms. The Morgan fingerprint density at radius 3 is 2.46 bits per heavy atom. The molecule has 1 atom stereocenters. The van der Waals surface area contributed by atoms with Crippen LogP contribution >= 0.6 is 11.3 Å². The lowest BCUT2D eigenvalue weighted by Crippen LogP contribution is -2.44. The van der Waals surface area contributed by atoms with Crippen molar-refractivity contribution in [3.8, 4) is 0 Å². The number of nitrogens with two attached hydrogens (primary N) is 1. The molecule has 1 heterocycles. The number of carbonyl (C=O) groups excluding carboxylic acids is 3. The van der Waals surface area contributed by atoms with Crippen molar-refractivity contribution in [2.45, 2.75) is 59.1 Å². The van der Waals surface area contributed by atoms with Crippen molar-refractivity contribution < 1.29 is 23.9 Å².